The number of amides is 1. The molecule has 2 saturated heterocycles. The zero-order valence-corrected chi connectivity index (χ0v) is 19.0. The van der Waals surface area contributed by atoms with Gasteiger partial charge < -0.3 is 14.2 Å². The SMILES string of the molecule is Cc1ccc(N2CC(c3nc(-c4ccc(S(=O)(=O)N5CCOCC5)cc4)no3)CC2=O)cc1. The van der Waals surface area contributed by atoms with E-state index in [4.69, 9.17) is 9.26 Å². The molecule has 3 heterocycles. The van der Waals surface area contributed by atoms with Crippen molar-refractivity contribution in [1.82, 2.24) is 14.4 Å². The number of hydrogen-bond acceptors (Lipinski definition) is 7. The molecule has 33 heavy (non-hydrogen) atoms. The van der Waals surface area contributed by atoms with Gasteiger partial charge in [0.1, 0.15) is 0 Å². The van der Waals surface area contributed by atoms with Crippen LogP contribution in [0.3, 0.4) is 0 Å². The number of nitrogens with zero attached hydrogens (tertiary/aromatic N) is 4. The molecule has 172 valence electrons. The highest BCUT2D eigenvalue weighted by molar-refractivity contribution is 7.89. The zero-order valence-electron chi connectivity index (χ0n) is 18.2. The van der Waals surface area contributed by atoms with E-state index in [-0.39, 0.29) is 16.7 Å². The van der Waals surface area contributed by atoms with Crippen molar-refractivity contribution in [3.63, 3.8) is 0 Å². The summed E-state index contributed by atoms with van der Waals surface area (Å²) in [6.45, 7) is 3.96. The number of carbonyl (C=O) groups is 1. The van der Waals surface area contributed by atoms with Crippen LogP contribution in [0.15, 0.2) is 57.9 Å². The molecule has 9 nitrogen and oxygen atoms in total. The number of aromatic nitrogens is 2. The van der Waals surface area contributed by atoms with Crippen LogP contribution in [0.1, 0.15) is 23.8 Å². The van der Waals surface area contributed by atoms with Gasteiger partial charge in [0.2, 0.25) is 27.6 Å². The predicted molar refractivity (Wildman–Crippen MR) is 120 cm³/mol. The number of hydrogen-bond donors (Lipinski definition) is 0. The highest BCUT2D eigenvalue weighted by Crippen LogP contribution is 2.32. The van der Waals surface area contributed by atoms with Crippen molar-refractivity contribution >= 4 is 21.6 Å². The summed E-state index contributed by atoms with van der Waals surface area (Å²) in [5.74, 6) is 0.585. The summed E-state index contributed by atoms with van der Waals surface area (Å²) >= 11 is 0. The van der Waals surface area contributed by atoms with Crippen molar-refractivity contribution < 1.29 is 22.5 Å². The Morgan fingerprint density at radius 1 is 1.00 bits per heavy atom. The van der Waals surface area contributed by atoms with Gasteiger partial charge in [-0.2, -0.15) is 9.29 Å². The van der Waals surface area contributed by atoms with Crippen LogP contribution in [0, 0.1) is 6.92 Å². The highest BCUT2D eigenvalue weighted by Gasteiger charge is 2.35. The van der Waals surface area contributed by atoms with E-state index in [1.807, 2.05) is 31.2 Å². The van der Waals surface area contributed by atoms with Gasteiger partial charge in [0.25, 0.3) is 0 Å². The molecule has 1 atom stereocenters. The number of ether oxygens (including phenoxy) is 1. The zero-order chi connectivity index (χ0) is 23.0. The quantitative estimate of drug-likeness (QED) is 0.567. The van der Waals surface area contributed by atoms with E-state index in [0.717, 1.165) is 11.3 Å². The molecule has 10 heteroatoms. The Morgan fingerprint density at radius 3 is 2.39 bits per heavy atom. The summed E-state index contributed by atoms with van der Waals surface area (Å²) in [4.78, 5) is 19.0. The monoisotopic (exact) mass is 468 g/mol. The van der Waals surface area contributed by atoms with Crippen molar-refractivity contribution in [2.45, 2.75) is 24.2 Å². The molecule has 2 aliphatic heterocycles. The molecule has 0 aliphatic carbocycles. The number of rotatable bonds is 5. The minimum atomic E-state index is -3.56. The van der Waals surface area contributed by atoms with Crippen molar-refractivity contribution in [2.75, 3.05) is 37.7 Å². The number of morpholine rings is 1. The molecular formula is C23H24N4O5S. The molecule has 0 N–H and O–H groups in total. The number of sulfonamides is 1. The van der Waals surface area contributed by atoms with Crippen LogP contribution >= 0.6 is 0 Å². The van der Waals surface area contributed by atoms with Gasteiger partial charge in [-0.05, 0) is 43.3 Å². The molecule has 1 amide bonds. The summed E-state index contributed by atoms with van der Waals surface area (Å²) < 4.78 is 37.7. The molecule has 3 aromatic rings. The Hall–Kier alpha value is -3.08. The maximum atomic E-state index is 12.8. The van der Waals surface area contributed by atoms with Gasteiger partial charge in [-0.1, -0.05) is 22.9 Å². The molecule has 0 bridgehead atoms. The minimum Gasteiger partial charge on any atom is -0.379 e. The Bertz CT molecular complexity index is 1250. The fraction of sp³-hybridized carbons (Fsp3) is 0.348. The molecule has 2 fully saturated rings. The average Bonchev–Trinajstić information content (AvgIpc) is 3.47. The smallest absolute Gasteiger partial charge is 0.243 e. The van der Waals surface area contributed by atoms with E-state index >= 15 is 0 Å². The first kappa shape index (κ1) is 21.7. The van der Waals surface area contributed by atoms with Crippen molar-refractivity contribution in [2.24, 2.45) is 0 Å². The highest BCUT2D eigenvalue weighted by atomic mass is 32.2. The van der Waals surface area contributed by atoms with Crippen molar-refractivity contribution in [3.05, 3.63) is 60.0 Å². The topological polar surface area (TPSA) is 106 Å². The second-order valence-corrected chi connectivity index (χ2v) is 10.2. The molecule has 2 aromatic carbocycles. The van der Waals surface area contributed by atoms with Crippen LogP contribution in [-0.2, 0) is 19.6 Å². The van der Waals surface area contributed by atoms with Crippen LogP contribution in [0.4, 0.5) is 5.69 Å². The third-order valence-electron chi connectivity index (χ3n) is 5.98. The number of carbonyl (C=O) groups excluding carboxylic acids is 1. The predicted octanol–water partition coefficient (Wildman–Crippen LogP) is 2.59. The summed E-state index contributed by atoms with van der Waals surface area (Å²) in [5.41, 5.74) is 2.63. The molecule has 2 aliphatic rings. The average molecular weight is 469 g/mol. The second-order valence-electron chi connectivity index (χ2n) is 8.24. The van der Waals surface area contributed by atoms with Crippen LogP contribution in [-0.4, -0.2) is 61.6 Å². The third kappa shape index (κ3) is 4.29. The maximum Gasteiger partial charge on any atom is 0.243 e. The van der Waals surface area contributed by atoms with E-state index in [9.17, 15) is 13.2 Å². The second kappa shape index (κ2) is 8.69. The van der Waals surface area contributed by atoms with Gasteiger partial charge in [0.05, 0.1) is 24.0 Å². The molecule has 0 saturated carbocycles. The summed E-state index contributed by atoms with van der Waals surface area (Å²) in [7, 11) is -3.56. The van der Waals surface area contributed by atoms with Crippen LogP contribution < -0.4 is 4.90 Å². The van der Waals surface area contributed by atoms with Crippen molar-refractivity contribution in [1.29, 1.82) is 0 Å². The van der Waals surface area contributed by atoms with Gasteiger partial charge >= 0.3 is 0 Å². The lowest BCUT2D eigenvalue weighted by molar-refractivity contribution is -0.117. The van der Waals surface area contributed by atoms with Gasteiger partial charge in [-0.15, -0.1) is 0 Å². The van der Waals surface area contributed by atoms with E-state index < -0.39 is 10.0 Å². The Balaban J connectivity index is 1.31. The van der Waals surface area contributed by atoms with E-state index in [1.54, 1.807) is 29.2 Å². The van der Waals surface area contributed by atoms with Crippen molar-refractivity contribution in [3.8, 4) is 11.4 Å². The first-order valence-electron chi connectivity index (χ1n) is 10.8. The third-order valence-corrected chi connectivity index (χ3v) is 7.89. The van der Waals surface area contributed by atoms with Gasteiger partial charge in [0.15, 0.2) is 0 Å². The molecule has 5 rings (SSSR count). The first-order valence-corrected chi connectivity index (χ1v) is 12.2. The Morgan fingerprint density at radius 2 is 1.70 bits per heavy atom. The molecule has 1 unspecified atom stereocenters. The van der Waals surface area contributed by atoms with Crippen LogP contribution in [0.25, 0.3) is 11.4 Å². The molecule has 0 radical (unpaired) electrons. The lowest BCUT2D eigenvalue weighted by atomic mass is 10.1. The van der Waals surface area contributed by atoms with E-state index in [2.05, 4.69) is 10.1 Å². The fourth-order valence-corrected chi connectivity index (χ4v) is 5.49. The summed E-state index contributed by atoms with van der Waals surface area (Å²) in [5, 5.41) is 4.05. The number of aryl methyl sites for hydroxylation is 1. The number of benzene rings is 2. The largest absolute Gasteiger partial charge is 0.379 e. The molecule has 0 spiro atoms. The standard InChI is InChI=1S/C23H24N4O5S/c1-16-2-6-19(7-3-16)27-15-18(14-21(27)28)23-24-22(25-32-23)17-4-8-20(9-5-17)33(29,30)26-10-12-31-13-11-26/h2-9,18H,10-15H2,1H3. The summed E-state index contributed by atoms with van der Waals surface area (Å²) in [6.07, 6.45) is 0.298. The number of anilines is 1. The summed E-state index contributed by atoms with van der Waals surface area (Å²) in [6, 6.07) is 14.2. The van der Waals surface area contributed by atoms with Crippen LogP contribution in [0.5, 0.6) is 0 Å². The van der Waals surface area contributed by atoms with E-state index in [0.29, 0.717) is 56.5 Å². The van der Waals surface area contributed by atoms with Gasteiger partial charge in [-0.25, -0.2) is 8.42 Å². The maximum absolute atomic E-state index is 12.8. The Labute approximate surface area is 192 Å². The first-order chi connectivity index (χ1) is 15.9. The Kier molecular flexibility index (Phi) is 5.73. The minimum absolute atomic E-state index is 0.0151. The lowest BCUT2D eigenvalue weighted by Crippen LogP contribution is -2.40. The van der Waals surface area contributed by atoms with Gasteiger partial charge in [0, 0.05) is 37.3 Å². The molecule has 1 aromatic heterocycles. The molecular weight excluding hydrogens is 444 g/mol. The van der Waals surface area contributed by atoms with Crippen LogP contribution in [0.2, 0.25) is 0 Å². The van der Waals surface area contributed by atoms with Gasteiger partial charge in [-0.3, -0.25) is 4.79 Å². The normalized spacial score (nSPS) is 19.8. The van der Waals surface area contributed by atoms with E-state index in [1.165, 1.54) is 4.31 Å². The lowest BCUT2D eigenvalue weighted by Gasteiger charge is -2.26. The fourth-order valence-electron chi connectivity index (χ4n) is 4.08.